The lowest BCUT2D eigenvalue weighted by molar-refractivity contribution is -0.681. The highest BCUT2D eigenvalue weighted by atomic mass is 127. The van der Waals surface area contributed by atoms with Gasteiger partial charge in [0.2, 0.25) is 0 Å². The molecule has 1 heterocycles. The Labute approximate surface area is 72.0 Å². The van der Waals surface area contributed by atoms with E-state index in [-0.39, 0.29) is 24.0 Å². The second kappa shape index (κ2) is 3.76. The molecule has 1 aromatic rings. The maximum atomic E-state index is 4.04. The summed E-state index contributed by atoms with van der Waals surface area (Å²) in [5.74, 6) is 1.03. The number of nitrogens with zero attached hydrogens (tertiary/aromatic N) is 2. The van der Waals surface area contributed by atoms with Crippen molar-refractivity contribution in [2.45, 2.75) is 6.92 Å². The summed E-state index contributed by atoms with van der Waals surface area (Å²) in [6.07, 6.45) is 3.76. The Morgan fingerprint density at radius 1 is 1.56 bits per heavy atom. The lowest BCUT2D eigenvalue weighted by Gasteiger charge is -1.86. The van der Waals surface area contributed by atoms with Crippen LogP contribution in [0.25, 0.3) is 0 Å². The summed E-state index contributed by atoms with van der Waals surface area (Å²) in [4.78, 5) is 4.04. The molecule has 0 aromatic carbocycles. The molecule has 0 atom stereocenters. The first kappa shape index (κ1) is 8.81. The van der Waals surface area contributed by atoms with Gasteiger partial charge < -0.3 is 24.0 Å². The number of aromatic nitrogens is 2. The van der Waals surface area contributed by atoms with Gasteiger partial charge in [-0.05, 0) is 0 Å². The van der Waals surface area contributed by atoms with Crippen LogP contribution < -0.4 is 28.5 Å². The third-order valence-corrected chi connectivity index (χ3v) is 1.17. The van der Waals surface area contributed by atoms with Crippen molar-refractivity contribution < 1.29 is 28.5 Å². The zero-order chi connectivity index (χ0) is 5.98. The van der Waals surface area contributed by atoms with Crippen LogP contribution in [-0.2, 0) is 7.05 Å². The highest BCUT2D eigenvalue weighted by Crippen LogP contribution is 1.75. The molecule has 0 aliphatic carbocycles. The van der Waals surface area contributed by atoms with Gasteiger partial charge in [-0.1, -0.05) is 4.98 Å². The van der Waals surface area contributed by atoms with Crippen LogP contribution in [0.4, 0.5) is 0 Å². The van der Waals surface area contributed by atoms with Crippen molar-refractivity contribution >= 4 is 0 Å². The third kappa shape index (κ3) is 2.26. The van der Waals surface area contributed by atoms with E-state index in [9.17, 15) is 0 Å². The Morgan fingerprint density at radius 2 is 2.22 bits per heavy atom. The third-order valence-electron chi connectivity index (χ3n) is 1.17. The van der Waals surface area contributed by atoms with E-state index in [1.54, 1.807) is 6.20 Å². The average Bonchev–Trinajstić information content (AvgIpc) is 1.77. The molecule has 0 aliphatic rings. The fourth-order valence-electron chi connectivity index (χ4n) is 0.517. The Balaban J connectivity index is 0.000000640. The van der Waals surface area contributed by atoms with Crippen LogP contribution in [0, 0.1) is 6.92 Å². The molecule has 9 heavy (non-hydrogen) atoms. The maximum absolute atomic E-state index is 4.04. The van der Waals surface area contributed by atoms with E-state index in [1.807, 2.05) is 30.8 Å². The molecule has 0 saturated heterocycles. The molecule has 0 fully saturated rings. The molecule has 0 amide bonds. The van der Waals surface area contributed by atoms with Gasteiger partial charge in [-0.15, -0.1) is 0 Å². The largest absolute Gasteiger partial charge is 1.00 e. The molecular formula is C6H9IN2. The molecule has 0 radical (unpaired) electrons. The van der Waals surface area contributed by atoms with Crippen LogP contribution in [-0.4, -0.2) is 4.98 Å². The number of halogens is 1. The molecule has 2 nitrogen and oxygen atoms in total. The highest BCUT2D eigenvalue weighted by molar-refractivity contribution is 4.75. The number of hydrogen-bond donors (Lipinski definition) is 0. The van der Waals surface area contributed by atoms with E-state index >= 15 is 0 Å². The van der Waals surface area contributed by atoms with Gasteiger partial charge in [-0.25, -0.2) is 4.57 Å². The normalized spacial score (nSPS) is 8.22. The molecule has 0 unspecified atom stereocenters. The van der Waals surface area contributed by atoms with Crippen LogP contribution in [0.15, 0.2) is 18.5 Å². The SMILES string of the molecule is Cc1nccc[n+]1C.[I-]. The predicted octanol–water partition coefficient (Wildman–Crippen LogP) is -2.78. The van der Waals surface area contributed by atoms with Gasteiger partial charge in [0.25, 0.3) is 5.82 Å². The minimum absolute atomic E-state index is 0. The molecule has 1 rings (SSSR count). The smallest absolute Gasteiger partial charge is 0.294 e. The Hall–Kier alpha value is -0.190. The highest BCUT2D eigenvalue weighted by Gasteiger charge is 1.94. The van der Waals surface area contributed by atoms with Crippen molar-refractivity contribution in [3.63, 3.8) is 0 Å². The van der Waals surface area contributed by atoms with E-state index in [2.05, 4.69) is 4.98 Å². The first-order chi connectivity index (χ1) is 3.80. The average molecular weight is 236 g/mol. The van der Waals surface area contributed by atoms with Crippen molar-refractivity contribution in [2.24, 2.45) is 7.05 Å². The van der Waals surface area contributed by atoms with E-state index in [0.29, 0.717) is 0 Å². The van der Waals surface area contributed by atoms with E-state index < -0.39 is 0 Å². The van der Waals surface area contributed by atoms with Gasteiger partial charge in [-0.3, -0.25) is 0 Å². The number of hydrogen-bond acceptors (Lipinski definition) is 1. The molecule has 0 N–H and O–H groups in total. The van der Waals surface area contributed by atoms with Gasteiger partial charge >= 0.3 is 0 Å². The lowest BCUT2D eigenvalue weighted by Crippen LogP contribution is -3.00. The van der Waals surface area contributed by atoms with E-state index in [1.165, 1.54) is 0 Å². The zero-order valence-corrected chi connectivity index (χ0v) is 7.66. The van der Waals surface area contributed by atoms with Crippen molar-refractivity contribution in [3.05, 3.63) is 24.3 Å². The quantitative estimate of drug-likeness (QED) is 0.352. The molecule has 3 heteroatoms. The zero-order valence-electron chi connectivity index (χ0n) is 5.50. The first-order valence-electron chi connectivity index (χ1n) is 2.58. The molecule has 0 saturated carbocycles. The lowest BCUT2D eigenvalue weighted by atomic mass is 10.6. The van der Waals surface area contributed by atoms with Crippen LogP contribution in [0.2, 0.25) is 0 Å². The Morgan fingerprint density at radius 3 is 2.56 bits per heavy atom. The molecule has 0 bridgehead atoms. The summed E-state index contributed by atoms with van der Waals surface area (Å²) < 4.78 is 1.97. The van der Waals surface area contributed by atoms with E-state index in [4.69, 9.17) is 0 Å². The van der Waals surface area contributed by atoms with Gasteiger partial charge in [0.05, 0.1) is 13.2 Å². The first-order valence-corrected chi connectivity index (χ1v) is 2.58. The van der Waals surface area contributed by atoms with Crippen molar-refractivity contribution in [3.8, 4) is 0 Å². The second-order valence-corrected chi connectivity index (χ2v) is 1.78. The molecule has 50 valence electrons. The number of rotatable bonds is 0. The summed E-state index contributed by atoms with van der Waals surface area (Å²) >= 11 is 0. The minimum atomic E-state index is 0. The Bertz CT molecular complexity index is 167. The van der Waals surface area contributed by atoms with Gasteiger partial charge in [-0.2, -0.15) is 0 Å². The molecular weight excluding hydrogens is 227 g/mol. The van der Waals surface area contributed by atoms with Crippen LogP contribution in [0.3, 0.4) is 0 Å². The number of aryl methyl sites for hydroxylation is 2. The molecule has 1 aromatic heterocycles. The maximum Gasteiger partial charge on any atom is 0.294 e. The predicted molar refractivity (Wildman–Crippen MR) is 30.1 cm³/mol. The van der Waals surface area contributed by atoms with Crippen LogP contribution in [0.5, 0.6) is 0 Å². The fraction of sp³-hybridized carbons (Fsp3) is 0.333. The minimum Gasteiger partial charge on any atom is -1.00 e. The molecule has 0 spiro atoms. The summed E-state index contributed by atoms with van der Waals surface area (Å²) in [5, 5.41) is 0. The monoisotopic (exact) mass is 236 g/mol. The summed E-state index contributed by atoms with van der Waals surface area (Å²) in [6, 6.07) is 1.91. The van der Waals surface area contributed by atoms with Crippen molar-refractivity contribution in [1.82, 2.24) is 4.98 Å². The summed E-state index contributed by atoms with van der Waals surface area (Å²) in [5.41, 5.74) is 0. The Kier molecular flexibility index (Phi) is 3.68. The summed E-state index contributed by atoms with van der Waals surface area (Å²) in [6.45, 7) is 1.97. The van der Waals surface area contributed by atoms with Crippen molar-refractivity contribution in [2.75, 3.05) is 0 Å². The second-order valence-electron chi connectivity index (χ2n) is 1.78. The van der Waals surface area contributed by atoms with E-state index in [0.717, 1.165) is 5.82 Å². The van der Waals surface area contributed by atoms with Crippen LogP contribution >= 0.6 is 0 Å². The van der Waals surface area contributed by atoms with Gasteiger partial charge in [0.15, 0.2) is 0 Å². The van der Waals surface area contributed by atoms with Crippen molar-refractivity contribution in [1.29, 1.82) is 0 Å². The molecule has 0 aliphatic heterocycles. The topological polar surface area (TPSA) is 16.8 Å². The van der Waals surface area contributed by atoms with Gasteiger partial charge in [0, 0.05) is 13.0 Å². The van der Waals surface area contributed by atoms with Crippen LogP contribution in [0.1, 0.15) is 5.82 Å². The van der Waals surface area contributed by atoms with Gasteiger partial charge in [0.1, 0.15) is 6.20 Å². The summed E-state index contributed by atoms with van der Waals surface area (Å²) in [7, 11) is 1.97. The fourth-order valence-corrected chi connectivity index (χ4v) is 0.517. The standard InChI is InChI=1S/C6H9N2.HI/c1-6-7-4-3-5-8(6)2;/h3-5H,1-2H3;1H/q+1;/p-1.